The zero-order valence-corrected chi connectivity index (χ0v) is 19.1. The topological polar surface area (TPSA) is 55.7 Å². The smallest absolute Gasteiger partial charge is 0.379 e. The molecule has 0 saturated carbocycles. The normalized spacial score (nSPS) is 14.1. The van der Waals surface area contributed by atoms with Gasteiger partial charge in [0, 0.05) is 15.9 Å². The molecule has 2 rings (SSSR count). The molecule has 0 atom stereocenters. The van der Waals surface area contributed by atoms with Crippen LogP contribution in [0.3, 0.4) is 0 Å². The fourth-order valence-electron chi connectivity index (χ4n) is 2.52. The lowest BCUT2D eigenvalue weighted by atomic mass is 9.92. The van der Waals surface area contributed by atoms with Crippen molar-refractivity contribution in [1.82, 2.24) is 14.5 Å². The molecule has 0 fully saturated rings. The summed E-state index contributed by atoms with van der Waals surface area (Å²) >= 11 is 1.50. The second-order valence-corrected chi connectivity index (χ2v) is 11.7. The summed E-state index contributed by atoms with van der Waals surface area (Å²) in [7, 11) is 0. The van der Waals surface area contributed by atoms with Crippen LogP contribution in [0.5, 0.6) is 0 Å². The number of nitrogens with zero attached hydrogens (tertiary/aromatic N) is 4. The highest BCUT2D eigenvalue weighted by Crippen LogP contribution is 2.31. The van der Waals surface area contributed by atoms with Crippen molar-refractivity contribution in [2.75, 3.05) is 0 Å². The molecule has 0 aliphatic carbocycles. The van der Waals surface area contributed by atoms with E-state index in [1.165, 1.54) is 11.5 Å². The summed E-state index contributed by atoms with van der Waals surface area (Å²) in [5.41, 5.74) is -0.471. The van der Waals surface area contributed by atoms with Crippen LogP contribution in [-0.2, 0) is 28.2 Å². The van der Waals surface area contributed by atoms with E-state index in [4.69, 9.17) is 14.5 Å². The maximum Gasteiger partial charge on any atom is 0.379 e. The first kappa shape index (κ1) is 21.0. The van der Waals surface area contributed by atoms with Crippen molar-refractivity contribution < 1.29 is 9.10 Å². The van der Waals surface area contributed by atoms with E-state index in [1.807, 2.05) is 4.68 Å². The molecule has 0 bridgehead atoms. The standard InChI is InChI=1S/C20H35N4OS/c1-17(2,3)13-21-15(26-23-13)20(10,11)12-24-16(19(7,8)9)25-14(22-24)18(4,5)6/h12H2,1-11H3/q+1. The molecule has 0 aromatic carbocycles. The Bertz CT molecular complexity index is 767. The first-order valence-corrected chi connectivity index (χ1v) is 10.1. The van der Waals surface area contributed by atoms with Crippen LogP contribution >= 0.6 is 11.5 Å². The highest BCUT2D eigenvalue weighted by atomic mass is 32.1. The van der Waals surface area contributed by atoms with Gasteiger partial charge < -0.3 is 4.42 Å². The van der Waals surface area contributed by atoms with Gasteiger partial charge >= 0.3 is 5.89 Å². The number of rotatable bonds is 3. The van der Waals surface area contributed by atoms with E-state index in [0.717, 1.165) is 22.6 Å². The van der Waals surface area contributed by atoms with Gasteiger partial charge in [-0.15, -0.1) is 0 Å². The largest absolute Gasteiger partial charge is 0.385 e. The Morgan fingerprint density at radius 3 is 1.85 bits per heavy atom. The maximum absolute atomic E-state index is 6.20. The molecule has 0 aliphatic heterocycles. The highest BCUT2D eigenvalue weighted by molar-refractivity contribution is 7.05. The van der Waals surface area contributed by atoms with E-state index in [0.29, 0.717) is 6.54 Å². The van der Waals surface area contributed by atoms with Gasteiger partial charge in [-0.25, -0.2) is 4.98 Å². The Balaban J connectivity index is 2.42. The summed E-state index contributed by atoms with van der Waals surface area (Å²) in [4.78, 5) is 4.83. The van der Waals surface area contributed by atoms with E-state index in [1.54, 1.807) is 0 Å². The molecule has 0 amide bonds. The van der Waals surface area contributed by atoms with Crippen LogP contribution in [0.1, 0.15) is 98.8 Å². The summed E-state index contributed by atoms with van der Waals surface area (Å²) in [5, 5.41) is 5.86. The molecule has 146 valence electrons. The molecule has 6 heteroatoms. The summed E-state index contributed by atoms with van der Waals surface area (Å²) in [5.74, 6) is 2.57. The minimum Gasteiger partial charge on any atom is -0.385 e. The lowest BCUT2D eigenvalue weighted by Crippen LogP contribution is -2.50. The van der Waals surface area contributed by atoms with Gasteiger partial charge in [0.2, 0.25) is 0 Å². The van der Waals surface area contributed by atoms with E-state index in [-0.39, 0.29) is 21.7 Å². The van der Waals surface area contributed by atoms with Crippen LogP contribution in [0.4, 0.5) is 0 Å². The fraction of sp³-hybridized carbons (Fsp3) is 0.800. The van der Waals surface area contributed by atoms with Gasteiger partial charge in [0.15, 0.2) is 6.54 Å². The Hall–Kier alpha value is -1.30. The second-order valence-electron chi connectivity index (χ2n) is 10.9. The number of hydrogen-bond donors (Lipinski definition) is 0. The Kier molecular flexibility index (Phi) is 5.17. The predicted molar refractivity (Wildman–Crippen MR) is 106 cm³/mol. The van der Waals surface area contributed by atoms with Gasteiger partial charge in [0.25, 0.3) is 5.89 Å². The third-order valence-corrected chi connectivity index (χ3v) is 5.22. The minimum atomic E-state index is -0.183. The highest BCUT2D eigenvalue weighted by Gasteiger charge is 2.41. The average Bonchev–Trinajstić information content (AvgIpc) is 3.01. The van der Waals surface area contributed by atoms with Crippen molar-refractivity contribution >= 4 is 11.5 Å². The molecule has 0 N–H and O–H groups in total. The van der Waals surface area contributed by atoms with Crippen LogP contribution < -0.4 is 4.68 Å². The van der Waals surface area contributed by atoms with Crippen molar-refractivity contribution in [2.45, 2.75) is 104 Å². The summed E-state index contributed by atoms with van der Waals surface area (Å²) in [6.45, 7) is 24.4. The van der Waals surface area contributed by atoms with Crippen molar-refractivity contribution in [3.8, 4) is 0 Å². The molecule has 2 aromatic rings. The van der Waals surface area contributed by atoms with Crippen molar-refractivity contribution in [1.29, 1.82) is 0 Å². The van der Waals surface area contributed by atoms with Crippen molar-refractivity contribution in [2.24, 2.45) is 0 Å². The zero-order valence-electron chi connectivity index (χ0n) is 18.3. The molecule has 26 heavy (non-hydrogen) atoms. The molecule has 5 nitrogen and oxygen atoms in total. The Labute approximate surface area is 162 Å². The van der Waals surface area contributed by atoms with Gasteiger partial charge in [-0.2, -0.15) is 4.37 Å². The second kappa shape index (κ2) is 6.39. The molecule has 0 spiro atoms. The zero-order chi connectivity index (χ0) is 20.1. The Morgan fingerprint density at radius 2 is 1.42 bits per heavy atom. The van der Waals surface area contributed by atoms with Crippen LogP contribution in [0.15, 0.2) is 4.42 Å². The summed E-state index contributed by atoms with van der Waals surface area (Å²) in [6, 6.07) is 0. The lowest BCUT2D eigenvalue weighted by molar-refractivity contribution is -0.770. The average molecular weight is 380 g/mol. The maximum atomic E-state index is 6.20. The van der Waals surface area contributed by atoms with Gasteiger partial charge in [-0.05, 0) is 50.8 Å². The number of hydrogen-bond acceptors (Lipinski definition) is 5. The van der Waals surface area contributed by atoms with Crippen LogP contribution in [0, 0.1) is 0 Å². The molecule has 2 heterocycles. The Morgan fingerprint density at radius 1 is 0.846 bits per heavy atom. The third kappa shape index (κ3) is 4.51. The van der Waals surface area contributed by atoms with Gasteiger partial charge in [0.1, 0.15) is 10.8 Å². The van der Waals surface area contributed by atoms with Gasteiger partial charge in [-0.3, -0.25) is 0 Å². The monoisotopic (exact) mass is 379 g/mol. The molecule has 2 aromatic heterocycles. The van der Waals surface area contributed by atoms with Crippen LogP contribution in [-0.4, -0.2) is 14.5 Å². The summed E-state index contributed by atoms with van der Waals surface area (Å²) in [6.07, 6.45) is 0. The van der Waals surface area contributed by atoms with Crippen molar-refractivity contribution in [3.05, 3.63) is 22.6 Å². The van der Waals surface area contributed by atoms with E-state index in [2.05, 4.69) is 80.5 Å². The molecule has 0 aliphatic rings. The van der Waals surface area contributed by atoms with Gasteiger partial charge in [0.05, 0.1) is 10.8 Å². The van der Waals surface area contributed by atoms with Gasteiger partial charge in [-0.1, -0.05) is 41.5 Å². The molecular weight excluding hydrogens is 344 g/mol. The number of aromatic nitrogens is 4. The third-order valence-electron chi connectivity index (χ3n) is 4.14. The molecular formula is C20H35N4OS+. The van der Waals surface area contributed by atoms with Crippen LogP contribution in [0.2, 0.25) is 0 Å². The molecule has 0 saturated heterocycles. The van der Waals surface area contributed by atoms with Crippen LogP contribution in [0.25, 0.3) is 0 Å². The summed E-state index contributed by atoms with van der Waals surface area (Å²) < 4.78 is 12.8. The van der Waals surface area contributed by atoms with E-state index in [9.17, 15) is 0 Å². The first-order valence-electron chi connectivity index (χ1n) is 9.28. The first-order chi connectivity index (χ1) is 11.5. The minimum absolute atomic E-state index is 0.0398. The molecule has 0 radical (unpaired) electrons. The predicted octanol–water partition coefficient (Wildman–Crippen LogP) is 4.68. The SMILES string of the molecule is CC(C)(C)c1nsc(C(C)(C)C[n+]2nc(C(C)(C)C)oc2C(C)(C)C)n1. The quantitative estimate of drug-likeness (QED) is 0.726. The van der Waals surface area contributed by atoms with E-state index >= 15 is 0 Å². The fourth-order valence-corrected chi connectivity index (χ4v) is 3.44. The van der Waals surface area contributed by atoms with Crippen molar-refractivity contribution in [3.63, 3.8) is 0 Å². The van der Waals surface area contributed by atoms with E-state index < -0.39 is 0 Å². The molecule has 0 unspecified atom stereocenters. The lowest BCUT2D eigenvalue weighted by Gasteiger charge is -2.18.